The second-order valence-electron chi connectivity index (χ2n) is 6.50. The lowest BCUT2D eigenvalue weighted by atomic mass is 10.1. The molecule has 1 heterocycles. The van der Waals surface area contributed by atoms with E-state index in [-0.39, 0.29) is 0 Å². The van der Waals surface area contributed by atoms with E-state index in [4.69, 9.17) is 23.2 Å². The molecule has 0 saturated carbocycles. The van der Waals surface area contributed by atoms with Crippen molar-refractivity contribution in [2.24, 2.45) is 0 Å². The zero-order valence-electron chi connectivity index (χ0n) is 14.5. The molecule has 3 aromatic rings. The van der Waals surface area contributed by atoms with E-state index in [2.05, 4.69) is 4.90 Å². The summed E-state index contributed by atoms with van der Waals surface area (Å²) in [6.07, 6.45) is 0. The summed E-state index contributed by atoms with van der Waals surface area (Å²) in [6.45, 7) is 1.93. The number of halogens is 2. The highest BCUT2D eigenvalue weighted by molar-refractivity contribution is 7.89. The van der Waals surface area contributed by atoms with Gasteiger partial charge in [-0.25, -0.2) is 8.42 Å². The van der Waals surface area contributed by atoms with Crippen LogP contribution < -0.4 is 4.90 Å². The zero-order valence-corrected chi connectivity index (χ0v) is 16.8. The Kier molecular flexibility index (Phi) is 5.03. The highest BCUT2D eigenvalue weighted by atomic mass is 35.5. The van der Waals surface area contributed by atoms with Gasteiger partial charge in [0.15, 0.2) is 0 Å². The number of piperazine rings is 1. The van der Waals surface area contributed by atoms with Crippen molar-refractivity contribution in [3.05, 3.63) is 70.7 Å². The summed E-state index contributed by atoms with van der Waals surface area (Å²) in [5.74, 6) is 0. The second kappa shape index (κ2) is 7.32. The van der Waals surface area contributed by atoms with Gasteiger partial charge in [0.2, 0.25) is 10.0 Å². The van der Waals surface area contributed by atoms with Crippen molar-refractivity contribution < 1.29 is 8.42 Å². The lowest BCUT2D eigenvalue weighted by Crippen LogP contribution is -2.48. The normalized spacial score (nSPS) is 16.0. The standard InChI is InChI=1S/C20H18Cl2N2O2S/c21-17-6-8-19(22)20(14-17)23-9-11-24(12-10-23)27(25,26)18-7-5-15-3-1-2-4-16(15)13-18/h1-8,13-14H,9-12H2. The molecular formula is C20H18Cl2N2O2S. The number of fused-ring (bicyclic) bond motifs is 1. The van der Waals surface area contributed by atoms with Crippen molar-refractivity contribution in [2.75, 3.05) is 31.1 Å². The third kappa shape index (κ3) is 3.65. The van der Waals surface area contributed by atoms with Crippen LogP contribution in [0.5, 0.6) is 0 Å². The van der Waals surface area contributed by atoms with Gasteiger partial charge < -0.3 is 4.90 Å². The monoisotopic (exact) mass is 420 g/mol. The molecule has 0 unspecified atom stereocenters. The number of anilines is 1. The van der Waals surface area contributed by atoms with E-state index in [9.17, 15) is 8.42 Å². The van der Waals surface area contributed by atoms with Crippen LogP contribution in [-0.2, 0) is 10.0 Å². The van der Waals surface area contributed by atoms with Gasteiger partial charge in [0.1, 0.15) is 0 Å². The first-order valence-corrected chi connectivity index (χ1v) is 10.8. The van der Waals surface area contributed by atoms with Crippen LogP contribution in [0.15, 0.2) is 65.6 Å². The predicted molar refractivity (Wildman–Crippen MR) is 111 cm³/mol. The van der Waals surface area contributed by atoms with Crippen LogP contribution in [0.3, 0.4) is 0 Å². The summed E-state index contributed by atoms with van der Waals surface area (Å²) < 4.78 is 27.6. The molecular weight excluding hydrogens is 403 g/mol. The SMILES string of the molecule is O=S(=O)(c1ccc2ccccc2c1)N1CCN(c2cc(Cl)ccc2Cl)CC1. The average molecular weight is 421 g/mol. The number of sulfonamides is 1. The molecule has 4 rings (SSSR count). The summed E-state index contributed by atoms with van der Waals surface area (Å²) in [5, 5.41) is 3.17. The fraction of sp³-hybridized carbons (Fsp3) is 0.200. The molecule has 1 aliphatic rings. The number of nitrogens with zero attached hydrogens (tertiary/aromatic N) is 2. The Labute approximate surface area is 169 Å². The van der Waals surface area contributed by atoms with Crippen molar-refractivity contribution in [3.63, 3.8) is 0 Å². The van der Waals surface area contributed by atoms with Crippen molar-refractivity contribution >= 4 is 49.7 Å². The van der Waals surface area contributed by atoms with Crippen LogP contribution in [0, 0.1) is 0 Å². The van der Waals surface area contributed by atoms with E-state index in [0.29, 0.717) is 41.1 Å². The first kappa shape index (κ1) is 18.6. The van der Waals surface area contributed by atoms with E-state index in [1.807, 2.05) is 36.4 Å². The lowest BCUT2D eigenvalue weighted by Gasteiger charge is -2.35. The van der Waals surface area contributed by atoms with Gasteiger partial charge in [0, 0.05) is 31.2 Å². The third-order valence-electron chi connectivity index (χ3n) is 4.85. The molecule has 0 amide bonds. The molecule has 0 radical (unpaired) electrons. The molecule has 1 aliphatic heterocycles. The molecule has 140 valence electrons. The summed E-state index contributed by atoms with van der Waals surface area (Å²) in [5.41, 5.74) is 0.840. The molecule has 0 aromatic heterocycles. The Hall–Kier alpha value is -1.79. The summed E-state index contributed by atoms with van der Waals surface area (Å²) >= 11 is 12.3. The van der Waals surface area contributed by atoms with Gasteiger partial charge in [-0.1, -0.05) is 53.5 Å². The van der Waals surface area contributed by atoms with Gasteiger partial charge in [-0.2, -0.15) is 4.31 Å². The van der Waals surface area contributed by atoms with Crippen LogP contribution in [0.1, 0.15) is 0 Å². The Morgan fingerprint density at radius 1 is 0.778 bits per heavy atom. The third-order valence-corrected chi connectivity index (χ3v) is 7.30. The van der Waals surface area contributed by atoms with Crippen LogP contribution >= 0.6 is 23.2 Å². The molecule has 0 atom stereocenters. The van der Waals surface area contributed by atoms with E-state index in [1.165, 1.54) is 4.31 Å². The van der Waals surface area contributed by atoms with Gasteiger partial charge in [0.25, 0.3) is 0 Å². The highest BCUT2D eigenvalue weighted by Crippen LogP contribution is 2.30. The minimum Gasteiger partial charge on any atom is -0.368 e. The van der Waals surface area contributed by atoms with E-state index >= 15 is 0 Å². The lowest BCUT2D eigenvalue weighted by molar-refractivity contribution is 0.385. The first-order chi connectivity index (χ1) is 12.9. The molecule has 0 aliphatic carbocycles. The van der Waals surface area contributed by atoms with Crippen molar-refractivity contribution in [2.45, 2.75) is 4.90 Å². The van der Waals surface area contributed by atoms with E-state index in [0.717, 1.165) is 16.5 Å². The minimum atomic E-state index is -3.53. The fourth-order valence-corrected chi connectivity index (χ4v) is 5.24. The summed E-state index contributed by atoms with van der Waals surface area (Å²) in [6, 6.07) is 18.3. The van der Waals surface area contributed by atoms with Gasteiger partial charge in [0.05, 0.1) is 15.6 Å². The van der Waals surface area contributed by atoms with Gasteiger partial charge in [-0.15, -0.1) is 0 Å². The molecule has 27 heavy (non-hydrogen) atoms. The maximum atomic E-state index is 13.1. The number of rotatable bonds is 3. The molecule has 0 spiro atoms. The molecule has 7 heteroatoms. The van der Waals surface area contributed by atoms with Crippen LogP contribution in [0.4, 0.5) is 5.69 Å². The minimum absolute atomic E-state index is 0.329. The molecule has 1 saturated heterocycles. The van der Waals surface area contributed by atoms with Crippen molar-refractivity contribution in [3.8, 4) is 0 Å². The van der Waals surface area contributed by atoms with E-state index < -0.39 is 10.0 Å². The van der Waals surface area contributed by atoms with Crippen molar-refractivity contribution in [1.29, 1.82) is 0 Å². The van der Waals surface area contributed by atoms with Crippen LogP contribution in [0.2, 0.25) is 10.0 Å². The number of hydrogen-bond donors (Lipinski definition) is 0. The molecule has 3 aromatic carbocycles. The second-order valence-corrected chi connectivity index (χ2v) is 9.28. The quantitative estimate of drug-likeness (QED) is 0.618. The van der Waals surface area contributed by atoms with Gasteiger partial charge >= 0.3 is 0 Å². The Morgan fingerprint density at radius 2 is 1.48 bits per heavy atom. The molecule has 4 nitrogen and oxygen atoms in total. The first-order valence-electron chi connectivity index (χ1n) is 8.64. The van der Waals surface area contributed by atoms with Gasteiger partial charge in [-0.3, -0.25) is 0 Å². The van der Waals surface area contributed by atoms with Crippen LogP contribution in [-0.4, -0.2) is 38.9 Å². The van der Waals surface area contributed by atoms with Gasteiger partial charge in [-0.05, 0) is 41.1 Å². The molecule has 1 fully saturated rings. The molecule has 0 N–H and O–H groups in total. The Bertz CT molecular complexity index is 1090. The molecule has 0 bridgehead atoms. The predicted octanol–water partition coefficient (Wildman–Crippen LogP) is 4.66. The highest BCUT2D eigenvalue weighted by Gasteiger charge is 2.29. The van der Waals surface area contributed by atoms with E-state index in [1.54, 1.807) is 24.3 Å². The smallest absolute Gasteiger partial charge is 0.243 e. The van der Waals surface area contributed by atoms with Crippen LogP contribution in [0.25, 0.3) is 10.8 Å². The maximum absolute atomic E-state index is 13.1. The summed E-state index contributed by atoms with van der Waals surface area (Å²) in [7, 11) is -3.53. The maximum Gasteiger partial charge on any atom is 0.243 e. The summed E-state index contributed by atoms with van der Waals surface area (Å²) in [4.78, 5) is 2.40. The fourth-order valence-electron chi connectivity index (χ4n) is 3.37. The zero-order chi connectivity index (χ0) is 19.0. The van der Waals surface area contributed by atoms with Crippen molar-refractivity contribution in [1.82, 2.24) is 4.31 Å². The topological polar surface area (TPSA) is 40.6 Å². The largest absolute Gasteiger partial charge is 0.368 e. The number of benzene rings is 3. The average Bonchev–Trinajstić information content (AvgIpc) is 2.69. The Morgan fingerprint density at radius 3 is 2.22 bits per heavy atom. The Balaban J connectivity index is 1.55. The number of hydrogen-bond acceptors (Lipinski definition) is 3.